The number of aliphatic hydroxyl groups is 1. The van der Waals surface area contributed by atoms with Crippen molar-refractivity contribution >= 4 is 24.6 Å². The molecule has 11 nitrogen and oxygen atoms in total. The molecule has 0 aliphatic carbocycles. The molecule has 0 aromatic carbocycles. The molecular formula is C12H14N5O6P. The highest BCUT2D eigenvalue weighted by Gasteiger charge is 2.37. The Morgan fingerprint density at radius 2 is 2.12 bits per heavy atom. The van der Waals surface area contributed by atoms with Gasteiger partial charge in [-0.3, -0.25) is 13.5 Å². The number of aromatic nitrogens is 5. The van der Waals surface area contributed by atoms with E-state index in [1.54, 1.807) is 27.7 Å². The highest BCUT2D eigenvalue weighted by molar-refractivity contribution is 7.46. The monoisotopic (exact) mass is 355 g/mol. The minimum absolute atomic E-state index is 0.224. The van der Waals surface area contributed by atoms with Gasteiger partial charge in [0, 0.05) is 18.8 Å². The summed E-state index contributed by atoms with van der Waals surface area (Å²) in [4.78, 5) is 30.4. The number of rotatable bonds is 4. The molecular weight excluding hydrogens is 341 g/mol. The Kier molecular flexibility index (Phi) is 3.64. The van der Waals surface area contributed by atoms with Crippen molar-refractivity contribution in [3.63, 3.8) is 0 Å². The van der Waals surface area contributed by atoms with Gasteiger partial charge < -0.3 is 19.6 Å². The summed E-state index contributed by atoms with van der Waals surface area (Å²) in [5, 5.41) is 10.0. The van der Waals surface area contributed by atoms with Crippen molar-refractivity contribution in [2.45, 2.75) is 24.9 Å². The lowest BCUT2D eigenvalue weighted by Crippen LogP contribution is -2.25. The fraction of sp³-hybridized carbons (Fsp3) is 0.417. The van der Waals surface area contributed by atoms with Crippen LogP contribution in [0.15, 0.2) is 25.0 Å². The smallest absolute Gasteiger partial charge is 0.390 e. The quantitative estimate of drug-likeness (QED) is 0.543. The number of imidazole rings is 2. The van der Waals surface area contributed by atoms with Crippen LogP contribution in [0.1, 0.15) is 12.6 Å². The number of phosphoric acid groups is 1. The predicted molar refractivity (Wildman–Crippen MR) is 78.8 cm³/mol. The zero-order valence-electron chi connectivity index (χ0n) is 12.2. The molecule has 128 valence electrons. The van der Waals surface area contributed by atoms with Gasteiger partial charge in [0.2, 0.25) is 0 Å². The maximum absolute atomic E-state index is 10.8. The van der Waals surface area contributed by atoms with Crippen LogP contribution < -0.4 is 0 Å². The van der Waals surface area contributed by atoms with Crippen LogP contribution >= 0.6 is 7.82 Å². The van der Waals surface area contributed by atoms with E-state index in [1.165, 1.54) is 6.33 Å². The Labute approximate surface area is 134 Å². The van der Waals surface area contributed by atoms with E-state index in [9.17, 15) is 9.67 Å². The number of aliphatic hydroxyl groups excluding tert-OH is 1. The first-order valence-corrected chi connectivity index (χ1v) is 8.63. The van der Waals surface area contributed by atoms with E-state index in [0.29, 0.717) is 16.8 Å². The standard InChI is InChI=1S/C12H14N5O6P/c18-7-3-9(23-8(7)4-22-24(19,20)21)17-6-14-10-11-13-1-2-16(11)5-15-12(10)17/h1-2,5-9,18H,3-4H2,(H2,19,20,21)/t7-,8+,9+/m0/s1. The van der Waals surface area contributed by atoms with Crippen LogP contribution in [0.4, 0.5) is 0 Å². The fourth-order valence-corrected chi connectivity index (χ4v) is 3.10. The number of hydrogen-bond acceptors (Lipinski definition) is 7. The van der Waals surface area contributed by atoms with E-state index in [2.05, 4.69) is 19.5 Å². The molecule has 0 amide bonds. The molecule has 0 spiro atoms. The van der Waals surface area contributed by atoms with Crippen molar-refractivity contribution in [2.24, 2.45) is 0 Å². The second-order valence-electron chi connectivity index (χ2n) is 5.45. The summed E-state index contributed by atoms with van der Waals surface area (Å²) in [6, 6.07) is 0. The molecule has 3 aromatic heterocycles. The lowest BCUT2D eigenvalue weighted by Gasteiger charge is -2.16. The largest absolute Gasteiger partial charge is 0.469 e. The summed E-state index contributed by atoms with van der Waals surface area (Å²) in [6.45, 7) is -0.410. The Morgan fingerprint density at radius 3 is 2.92 bits per heavy atom. The molecule has 24 heavy (non-hydrogen) atoms. The van der Waals surface area contributed by atoms with E-state index < -0.39 is 32.9 Å². The number of nitrogens with zero attached hydrogens (tertiary/aromatic N) is 5. The normalized spacial score (nSPS) is 25.0. The Bertz CT molecular complexity index is 934. The second kappa shape index (κ2) is 5.59. The number of fused-ring (bicyclic) bond motifs is 3. The van der Waals surface area contributed by atoms with Gasteiger partial charge in [0.05, 0.1) is 19.0 Å². The molecule has 3 aromatic rings. The van der Waals surface area contributed by atoms with E-state index >= 15 is 0 Å². The van der Waals surface area contributed by atoms with Gasteiger partial charge in [-0.25, -0.2) is 19.5 Å². The molecule has 1 aliphatic heterocycles. The minimum atomic E-state index is -4.62. The van der Waals surface area contributed by atoms with Gasteiger partial charge >= 0.3 is 7.82 Å². The summed E-state index contributed by atoms with van der Waals surface area (Å²) in [5.74, 6) is 0. The van der Waals surface area contributed by atoms with E-state index in [0.717, 1.165) is 0 Å². The van der Waals surface area contributed by atoms with Crippen LogP contribution in [-0.2, 0) is 13.8 Å². The van der Waals surface area contributed by atoms with Crippen molar-refractivity contribution in [1.29, 1.82) is 0 Å². The van der Waals surface area contributed by atoms with Gasteiger partial charge in [0.25, 0.3) is 0 Å². The van der Waals surface area contributed by atoms with Crippen molar-refractivity contribution in [3.05, 3.63) is 25.0 Å². The molecule has 0 unspecified atom stereocenters. The predicted octanol–water partition coefficient (Wildman–Crippen LogP) is -0.163. The van der Waals surface area contributed by atoms with E-state index in [1.807, 2.05) is 0 Å². The highest BCUT2D eigenvalue weighted by Crippen LogP contribution is 2.38. The molecule has 0 radical (unpaired) electrons. The van der Waals surface area contributed by atoms with Crippen LogP contribution in [-0.4, -0.2) is 57.6 Å². The van der Waals surface area contributed by atoms with Crippen LogP contribution in [0, 0.1) is 0 Å². The molecule has 3 N–H and O–H groups in total. The maximum Gasteiger partial charge on any atom is 0.469 e. The SMILES string of the molecule is O=P(O)(O)OC[C@H]1O[C@@H](n2cnc3c2ncn2ccnc32)C[C@@H]1O. The maximum atomic E-state index is 10.8. The average Bonchev–Trinajstić information content (AvgIpc) is 3.20. The summed E-state index contributed by atoms with van der Waals surface area (Å²) >= 11 is 0. The van der Waals surface area contributed by atoms with Gasteiger partial charge in [-0.2, -0.15) is 0 Å². The Morgan fingerprint density at radius 1 is 1.29 bits per heavy atom. The van der Waals surface area contributed by atoms with Crippen molar-refractivity contribution < 1.29 is 28.7 Å². The zero-order chi connectivity index (χ0) is 16.9. The topological polar surface area (TPSA) is 144 Å². The van der Waals surface area contributed by atoms with Crippen LogP contribution in [0.3, 0.4) is 0 Å². The minimum Gasteiger partial charge on any atom is -0.390 e. The van der Waals surface area contributed by atoms with E-state index in [4.69, 9.17) is 14.5 Å². The van der Waals surface area contributed by atoms with Gasteiger partial charge in [-0.05, 0) is 0 Å². The van der Waals surface area contributed by atoms with Gasteiger partial charge in [-0.15, -0.1) is 0 Å². The second-order valence-corrected chi connectivity index (χ2v) is 6.68. The Hall–Kier alpha value is -1.88. The molecule has 3 atom stereocenters. The van der Waals surface area contributed by atoms with Crippen LogP contribution in [0.5, 0.6) is 0 Å². The summed E-state index contributed by atoms with van der Waals surface area (Å²) in [6.07, 6.45) is 4.41. The first kappa shape index (κ1) is 15.6. The molecule has 0 saturated carbocycles. The zero-order valence-corrected chi connectivity index (χ0v) is 13.1. The third-order valence-electron chi connectivity index (χ3n) is 3.87. The molecule has 4 rings (SSSR count). The molecule has 4 heterocycles. The molecule has 1 fully saturated rings. The van der Waals surface area contributed by atoms with Crippen molar-refractivity contribution in [1.82, 2.24) is 23.9 Å². The third-order valence-corrected chi connectivity index (χ3v) is 4.36. The number of phosphoric ester groups is 1. The lowest BCUT2D eigenvalue weighted by molar-refractivity contribution is -0.0424. The van der Waals surface area contributed by atoms with E-state index in [-0.39, 0.29) is 6.42 Å². The molecule has 1 aliphatic rings. The first-order chi connectivity index (χ1) is 11.4. The summed E-state index contributed by atoms with van der Waals surface area (Å²) in [7, 11) is -4.62. The van der Waals surface area contributed by atoms with Crippen molar-refractivity contribution in [3.8, 4) is 0 Å². The summed E-state index contributed by atoms with van der Waals surface area (Å²) in [5.41, 5.74) is 1.79. The van der Waals surface area contributed by atoms with Crippen LogP contribution in [0.2, 0.25) is 0 Å². The number of ether oxygens (including phenoxy) is 1. The Balaban J connectivity index is 1.60. The third kappa shape index (κ3) is 2.71. The van der Waals surface area contributed by atoms with Gasteiger partial charge in [0.1, 0.15) is 18.7 Å². The molecule has 0 bridgehead atoms. The van der Waals surface area contributed by atoms with Gasteiger partial charge in [-0.1, -0.05) is 0 Å². The lowest BCUT2D eigenvalue weighted by atomic mass is 10.2. The first-order valence-electron chi connectivity index (χ1n) is 7.10. The summed E-state index contributed by atoms with van der Waals surface area (Å²) < 4.78 is 24.2. The average molecular weight is 355 g/mol. The molecule has 12 heteroatoms. The fourth-order valence-electron chi connectivity index (χ4n) is 2.76. The van der Waals surface area contributed by atoms with Crippen molar-refractivity contribution in [2.75, 3.05) is 6.61 Å². The van der Waals surface area contributed by atoms with Crippen LogP contribution in [0.25, 0.3) is 16.8 Å². The highest BCUT2D eigenvalue weighted by atomic mass is 31.2. The molecule has 1 saturated heterocycles. The number of hydrogen-bond donors (Lipinski definition) is 3. The van der Waals surface area contributed by atoms with Gasteiger partial charge in [0.15, 0.2) is 16.8 Å².